The first-order valence-electron chi connectivity index (χ1n) is 5.78. The maximum atomic E-state index is 12.5. The van der Waals surface area contributed by atoms with Crippen molar-refractivity contribution >= 4 is 27.3 Å². The molecular formula is C11H15NO4S2. The third kappa shape index (κ3) is 2.17. The van der Waals surface area contributed by atoms with Gasteiger partial charge < -0.3 is 5.11 Å². The van der Waals surface area contributed by atoms with Crippen molar-refractivity contribution in [2.45, 2.75) is 42.5 Å². The number of thiophene rings is 1. The maximum absolute atomic E-state index is 12.5. The first-order valence-corrected chi connectivity index (χ1v) is 8.10. The Morgan fingerprint density at radius 1 is 1.56 bits per heavy atom. The van der Waals surface area contributed by atoms with Gasteiger partial charge in [0.05, 0.1) is 0 Å². The van der Waals surface area contributed by atoms with E-state index in [1.54, 1.807) is 11.4 Å². The Balaban J connectivity index is 2.42. The van der Waals surface area contributed by atoms with Crippen LogP contribution in [-0.4, -0.2) is 35.9 Å². The van der Waals surface area contributed by atoms with Gasteiger partial charge in [-0.25, -0.2) is 8.42 Å². The van der Waals surface area contributed by atoms with Crippen LogP contribution >= 0.6 is 11.3 Å². The highest BCUT2D eigenvalue weighted by Gasteiger charge is 2.45. The molecule has 7 heteroatoms. The Hall–Kier alpha value is -0.920. The molecule has 0 aliphatic carbocycles. The average molecular weight is 289 g/mol. The van der Waals surface area contributed by atoms with E-state index in [2.05, 4.69) is 0 Å². The molecule has 2 atom stereocenters. The molecule has 1 aliphatic heterocycles. The van der Waals surface area contributed by atoms with Crippen molar-refractivity contribution in [3.63, 3.8) is 0 Å². The Labute approximate surface area is 110 Å². The highest BCUT2D eigenvalue weighted by atomic mass is 32.2. The Morgan fingerprint density at radius 3 is 2.78 bits per heavy atom. The Kier molecular flexibility index (Phi) is 3.74. The average Bonchev–Trinajstić information content (AvgIpc) is 2.98. The third-order valence-electron chi connectivity index (χ3n) is 3.22. The smallest absolute Gasteiger partial charge is 0.322 e. The van der Waals surface area contributed by atoms with Crippen molar-refractivity contribution in [3.8, 4) is 0 Å². The molecule has 0 radical (unpaired) electrons. The summed E-state index contributed by atoms with van der Waals surface area (Å²) in [5.41, 5.74) is 0. The van der Waals surface area contributed by atoms with Crippen LogP contribution in [-0.2, 0) is 14.8 Å². The molecule has 2 heterocycles. The number of hydrogen-bond donors (Lipinski definition) is 1. The fourth-order valence-corrected chi connectivity index (χ4v) is 5.35. The van der Waals surface area contributed by atoms with Crippen LogP contribution in [0.1, 0.15) is 26.2 Å². The zero-order valence-electron chi connectivity index (χ0n) is 9.94. The molecule has 1 aromatic rings. The molecule has 18 heavy (non-hydrogen) atoms. The van der Waals surface area contributed by atoms with E-state index in [1.165, 1.54) is 10.4 Å². The number of carbonyl (C=O) groups is 1. The highest BCUT2D eigenvalue weighted by Crippen LogP contribution is 2.34. The summed E-state index contributed by atoms with van der Waals surface area (Å²) in [4.78, 5) is 11.2. The lowest BCUT2D eigenvalue weighted by molar-refractivity contribution is -0.140. The first-order chi connectivity index (χ1) is 8.48. The molecule has 2 unspecified atom stereocenters. The summed E-state index contributed by atoms with van der Waals surface area (Å²) in [6.07, 6.45) is 1.63. The number of sulfonamides is 1. The van der Waals surface area contributed by atoms with Crippen molar-refractivity contribution in [2.75, 3.05) is 0 Å². The molecule has 100 valence electrons. The van der Waals surface area contributed by atoms with Crippen molar-refractivity contribution < 1.29 is 18.3 Å². The molecule has 1 saturated heterocycles. The maximum Gasteiger partial charge on any atom is 0.322 e. The number of carboxylic acid groups (broad SMARTS) is 1. The molecule has 0 spiro atoms. The summed E-state index contributed by atoms with van der Waals surface area (Å²) in [6, 6.07) is 2.04. The minimum atomic E-state index is -3.68. The minimum Gasteiger partial charge on any atom is -0.480 e. The molecule has 1 aliphatic rings. The van der Waals surface area contributed by atoms with E-state index < -0.39 is 22.0 Å². The second-order valence-corrected chi connectivity index (χ2v) is 7.28. The van der Waals surface area contributed by atoms with Crippen LogP contribution in [0.3, 0.4) is 0 Å². The van der Waals surface area contributed by atoms with Gasteiger partial charge >= 0.3 is 5.97 Å². The van der Waals surface area contributed by atoms with E-state index in [0.29, 0.717) is 19.3 Å². The quantitative estimate of drug-likeness (QED) is 0.916. The first kappa shape index (κ1) is 13.5. The number of nitrogens with zero attached hydrogens (tertiary/aromatic N) is 1. The predicted octanol–water partition coefficient (Wildman–Crippen LogP) is 1.76. The van der Waals surface area contributed by atoms with E-state index >= 15 is 0 Å². The summed E-state index contributed by atoms with van der Waals surface area (Å²) < 4.78 is 26.3. The van der Waals surface area contributed by atoms with E-state index in [-0.39, 0.29) is 10.3 Å². The summed E-state index contributed by atoms with van der Waals surface area (Å²) in [5, 5.41) is 10.8. The summed E-state index contributed by atoms with van der Waals surface area (Å²) in [7, 11) is -3.68. The second kappa shape index (κ2) is 4.99. The number of aliphatic carboxylic acids is 1. The number of rotatable bonds is 4. The summed E-state index contributed by atoms with van der Waals surface area (Å²) >= 11 is 1.12. The van der Waals surface area contributed by atoms with Crippen molar-refractivity contribution in [2.24, 2.45) is 0 Å². The molecule has 2 rings (SSSR count). The molecule has 0 saturated carbocycles. The van der Waals surface area contributed by atoms with Crippen LogP contribution in [0.2, 0.25) is 0 Å². The number of carboxylic acids is 1. The zero-order chi connectivity index (χ0) is 13.3. The van der Waals surface area contributed by atoms with Crippen LogP contribution < -0.4 is 0 Å². The summed E-state index contributed by atoms with van der Waals surface area (Å²) in [5.74, 6) is -1.06. The van der Waals surface area contributed by atoms with Crippen LogP contribution in [0.4, 0.5) is 0 Å². The van der Waals surface area contributed by atoms with Gasteiger partial charge in [-0.3, -0.25) is 4.79 Å². The van der Waals surface area contributed by atoms with Crippen LogP contribution in [0.5, 0.6) is 0 Å². The molecule has 1 aromatic heterocycles. The largest absolute Gasteiger partial charge is 0.480 e. The van der Waals surface area contributed by atoms with E-state index in [0.717, 1.165) is 11.3 Å². The molecule has 0 amide bonds. The van der Waals surface area contributed by atoms with Crippen LogP contribution in [0.25, 0.3) is 0 Å². The van der Waals surface area contributed by atoms with Crippen LogP contribution in [0.15, 0.2) is 21.7 Å². The van der Waals surface area contributed by atoms with Gasteiger partial charge in [-0.1, -0.05) is 13.0 Å². The predicted molar refractivity (Wildman–Crippen MR) is 68.1 cm³/mol. The van der Waals surface area contributed by atoms with Gasteiger partial charge in [0.2, 0.25) is 0 Å². The Bertz CT molecular complexity index is 523. The van der Waals surface area contributed by atoms with Crippen molar-refractivity contribution in [1.82, 2.24) is 4.31 Å². The van der Waals surface area contributed by atoms with E-state index in [1.807, 2.05) is 6.92 Å². The zero-order valence-corrected chi connectivity index (χ0v) is 11.6. The van der Waals surface area contributed by atoms with E-state index in [9.17, 15) is 13.2 Å². The lowest BCUT2D eigenvalue weighted by atomic mass is 10.1. The van der Waals surface area contributed by atoms with Crippen molar-refractivity contribution in [1.29, 1.82) is 0 Å². The topological polar surface area (TPSA) is 74.7 Å². The highest BCUT2D eigenvalue weighted by molar-refractivity contribution is 7.91. The molecule has 5 nitrogen and oxygen atoms in total. The van der Waals surface area contributed by atoms with Gasteiger partial charge in [0.1, 0.15) is 10.3 Å². The van der Waals surface area contributed by atoms with Crippen molar-refractivity contribution in [3.05, 3.63) is 17.5 Å². The standard InChI is InChI=1S/C11H15NO4S2/c1-2-8-5-6-9(11(13)14)12(8)18(15,16)10-4-3-7-17-10/h3-4,7-9H,2,5-6H2,1H3,(H,13,14). The minimum absolute atomic E-state index is 0.210. The van der Waals surface area contributed by atoms with Crippen LogP contribution in [0, 0.1) is 0 Å². The second-order valence-electron chi connectivity index (χ2n) is 4.26. The third-order valence-corrected chi connectivity index (χ3v) is 6.56. The number of hydrogen-bond acceptors (Lipinski definition) is 4. The molecular weight excluding hydrogens is 274 g/mol. The Morgan fingerprint density at radius 2 is 2.28 bits per heavy atom. The molecule has 0 aromatic carbocycles. The van der Waals surface area contributed by atoms with Gasteiger partial charge in [0.15, 0.2) is 0 Å². The lowest BCUT2D eigenvalue weighted by Crippen LogP contribution is -2.44. The van der Waals surface area contributed by atoms with Gasteiger partial charge in [-0.05, 0) is 30.7 Å². The molecule has 1 fully saturated rings. The van der Waals surface area contributed by atoms with Gasteiger partial charge in [-0.15, -0.1) is 11.3 Å². The fourth-order valence-electron chi connectivity index (χ4n) is 2.35. The van der Waals surface area contributed by atoms with E-state index in [4.69, 9.17) is 5.11 Å². The molecule has 0 bridgehead atoms. The van der Waals surface area contributed by atoms with Gasteiger partial charge in [0, 0.05) is 6.04 Å². The summed E-state index contributed by atoms with van der Waals surface area (Å²) in [6.45, 7) is 1.88. The normalized spacial score (nSPS) is 25.4. The SMILES string of the molecule is CCC1CCC(C(=O)O)N1S(=O)(=O)c1cccs1. The lowest BCUT2D eigenvalue weighted by Gasteiger charge is -2.25. The van der Waals surface area contributed by atoms with Gasteiger partial charge in [0.25, 0.3) is 10.0 Å². The monoisotopic (exact) mass is 289 g/mol. The molecule has 1 N–H and O–H groups in total. The fraction of sp³-hybridized carbons (Fsp3) is 0.545. The van der Waals surface area contributed by atoms with Gasteiger partial charge in [-0.2, -0.15) is 4.31 Å².